The molecule has 0 amide bonds. The number of esters is 1. The molecule has 0 radical (unpaired) electrons. The first-order valence-electron chi connectivity index (χ1n) is 6.30. The van der Waals surface area contributed by atoms with E-state index in [4.69, 9.17) is 10.5 Å². The lowest BCUT2D eigenvalue weighted by Gasteiger charge is -2.06. The van der Waals surface area contributed by atoms with Gasteiger partial charge in [-0.05, 0) is 24.6 Å². The smallest absolute Gasteiger partial charge is 0.360 e. The molecule has 0 aliphatic rings. The van der Waals surface area contributed by atoms with Crippen molar-refractivity contribution in [1.82, 2.24) is 15.0 Å². The van der Waals surface area contributed by atoms with Crippen LogP contribution in [0.25, 0.3) is 0 Å². The van der Waals surface area contributed by atoms with Crippen molar-refractivity contribution in [2.45, 2.75) is 20.0 Å². The van der Waals surface area contributed by atoms with Crippen LogP contribution in [0.5, 0.6) is 0 Å². The Morgan fingerprint density at radius 2 is 2.14 bits per heavy atom. The zero-order valence-electron chi connectivity index (χ0n) is 11.3. The molecule has 0 saturated heterocycles. The summed E-state index contributed by atoms with van der Waals surface area (Å²) < 4.78 is 32.3. The van der Waals surface area contributed by atoms with Crippen LogP contribution >= 0.6 is 0 Å². The van der Waals surface area contributed by atoms with Gasteiger partial charge in [-0.3, -0.25) is 0 Å². The molecule has 0 atom stereocenters. The Kier molecular flexibility index (Phi) is 4.59. The molecule has 2 aromatic rings. The fourth-order valence-corrected chi connectivity index (χ4v) is 1.83. The number of nitrogens with zero attached hydrogens (tertiary/aromatic N) is 3. The monoisotopic (exact) mass is 296 g/mol. The first-order chi connectivity index (χ1) is 10.1. The van der Waals surface area contributed by atoms with Crippen molar-refractivity contribution in [3.63, 3.8) is 0 Å². The predicted molar refractivity (Wildman–Crippen MR) is 69.3 cm³/mol. The molecule has 0 bridgehead atoms. The van der Waals surface area contributed by atoms with Crippen LogP contribution in [0.15, 0.2) is 18.2 Å². The largest absolute Gasteiger partial charge is 0.461 e. The summed E-state index contributed by atoms with van der Waals surface area (Å²) in [6.07, 6.45) is 0. The highest BCUT2D eigenvalue weighted by atomic mass is 19.2. The molecular weight excluding hydrogens is 282 g/mol. The zero-order chi connectivity index (χ0) is 15.4. The maximum atomic E-state index is 13.2. The van der Waals surface area contributed by atoms with E-state index in [-0.39, 0.29) is 25.4 Å². The van der Waals surface area contributed by atoms with E-state index in [0.29, 0.717) is 11.3 Å². The van der Waals surface area contributed by atoms with Crippen molar-refractivity contribution in [3.8, 4) is 0 Å². The van der Waals surface area contributed by atoms with Crippen molar-refractivity contribution < 1.29 is 18.3 Å². The number of ether oxygens (including phenoxy) is 1. The summed E-state index contributed by atoms with van der Waals surface area (Å²) in [7, 11) is 0. The van der Waals surface area contributed by atoms with Gasteiger partial charge in [0.15, 0.2) is 17.3 Å². The molecule has 0 spiro atoms. The summed E-state index contributed by atoms with van der Waals surface area (Å²) in [6, 6.07) is 3.50. The molecule has 112 valence electrons. The minimum absolute atomic E-state index is 0.0187. The maximum absolute atomic E-state index is 13.2. The lowest BCUT2D eigenvalue weighted by atomic mass is 10.2. The van der Waals surface area contributed by atoms with Gasteiger partial charge in [-0.1, -0.05) is 11.3 Å². The molecule has 6 nitrogen and oxygen atoms in total. The van der Waals surface area contributed by atoms with Gasteiger partial charge in [0.1, 0.15) is 0 Å². The average Bonchev–Trinajstić information content (AvgIpc) is 2.86. The summed E-state index contributed by atoms with van der Waals surface area (Å²) in [5, 5.41) is 7.54. The number of halogens is 2. The van der Waals surface area contributed by atoms with E-state index in [9.17, 15) is 13.6 Å². The molecule has 0 unspecified atom stereocenters. The van der Waals surface area contributed by atoms with Gasteiger partial charge in [0.2, 0.25) is 0 Å². The third kappa shape index (κ3) is 3.22. The Labute approximate surface area is 119 Å². The molecule has 0 aliphatic carbocycles. The lowest BCUT2D eigenvalue weighted by molar-refractivity contribution is 0.0518. The molecule has 0 aliphatic heterocycles. The Bertz CT molecular complexity index is 658. The second-order valence-electron chi connectivity index (χ2n) is 4.22. The minimum atomic E-state index is -0.951. The third-order valence-electron chi connectivity index (χ3n) is 2.82. The number of hydrogen-bond acceptors (Lipinski definition) is 5. The fourth-order valence-electron chi connectivity index (χ4n) is 1.83. The Balaban J connectivity index is 2.28. The van der Waals surface area contributed by atoms with Gasteiger partial charge < -0.3 is 10.5 Å². The number of benzene rings is 1. The van der Waals surface area contributed by atoms with Gasteiger partial charge in [0, 0.05) is 6.54 Å². The predicted octanol–water partition coefficient (Wildman–Crippen LogP) is 1.24. The summed E-state index contributed by atoms with van der Waals surface area (Å²) in [5.74, 6) is -2.49. The van der Waals surface area contributed by atoms with Crippen LogP contribution in [0.2, 0.25) is 0 Å². The lowest BCUT2D eigenvalue weighted by Crippen LogP contribution is -2.15. The first-order valence-corrected chi connectivity index (χ1v) is 6.30. The molecular formula is C13H14F2N4O2. The van der Waals surface area contributed by atoms with Gasteiger partial charge in [-0.25, -0.2) is 18.3 Å². The molecule has 1 heterocycles. The second-order valence-corrected chi connectivity index (χ2v) is 4.22. The number of hydrogen-bond donors (Lipinski definition) is 1. The van der Waals surface area contributed by atoms with Gasteiger partial charge in [0.25, 0.3) is 0 Å². The number of aromatic nitrogens is 3. The van der Waals surface area contributed by atoms with E-state index in [1.54, 1.807) is 6.92 Å². The van der Waals surface area contributed by atoms with E-state index >= 15 is 0 Å². The van der Waals surface area contributed by atoms with Gasteiger partial charge in [-0.15, -0.1) is 5.10 Å². The molecule has 1 aromatic carbocycles. The summed E-state index contributed by atoms with van der Waals surface area (Å²) in [6.45, 7) is 2.02. The highest BCUT2D eigenvalue weighted by Gasteiger charge is 2.20. The van der Waals surface area contributed by atoms with Crippen molar-refractivity contribution in [1.29, 1.82) is 0 Å². The maximum Gasteiger partial charge on any atom is 0.360 e. The highest BCUT2D eigenvalue weighted by molar-refractivity contribution is 5.88. The van der Waals surface area contributed by atoms with E-state index in [1.165, 1.54) is 10.7 Å². The molecule has 1 aromatic heterocycles. The number of nitrogens with two attached hydrogens (primary N) is 1. The third-order valence-corrected chi connectivity index (χ3v) is 2.82. The molecule has 21 heavy (non-hydrogen) atoms. The second kappa shape index (κ2) is 6.40. The molecule has 2 N–H and O–H groups in total. The Morgan fingerprint density at radius 3 is 2.76 bits per heavy atom. The average molecular weight is 296 g/mol. The SMILES string of the molecule is CCOC(=O)c1nnn(Cc2ccc(F)c(F)c2)c1CN. The zero-order valence-corrected chi connectivity index (χ0v) is 11.3. The normalized spacial score (nSPS) is 10.7. The molecule has 0 saturated carbocycles. The van der Waals surface area contributed by atoms with E-state index in [0.717, 1.165) is 12.1 Å². The summed E-state index contributed by atoms with van der Waals surface area (Å²) in [4.78, 5) is 11.7. The minimum Gasteiger partial charge on any atom is -0.461 e. The van der Waals surface area contributed by atoms with Crippen LogP contribution in [-0.2, 0) is 17.8 Å². The highest BCUT2D eigenvalue weighted by Crippen LogP contribution is 2.13. The van der Waals surface area contributed by atoms with Crippen molar-refractivity contribution in [2.24, 2.45) is 5.73 Å². The van der Waals surface area contributed by atoms with Gasteiger partial charge >= 0.3 is 5.97 Å². The van der Waals surface area contributed by atoms with Crippen molar-refractivity contribution in [3.05, 3.63) is 46.8 Å². The molecule has 8 heteroatoms. The van der Waals surface area contributed by atoms with Crippen LogP contribution in [0.4, 0.5) is 8.78 Å². The fraction of sp³-hybridized carbons (Fsp3) is 0.308. The van der Waals surface area contributed by atoms with Crippen LogP contribution in [0, 0.1) is 11.6 Å². The van der Waals surface area contributed by atoms with E-state index in [2.05, 4.69) is 10.3 Å². The quantitative estimate of drug-likeness (QED) is 0.839. The van der Waals surface area contributed by atoms with Crippen LogP contribution < -0.4 is 5.73 Å². The van der Waals surface area contributed by atoms with E-state index in [1.807, 2.05) is 0 Å². The van der Waals surface area contributed by atoms with Crippen LogP contribution in [0.3, 0.4) is 0 Å². The van der Waals surface area contributed by atoms with Gasteiger partial charge in [0.05, 0.1) is 18.8 Å². The van der Waals surface area contributed by atoms with E-state index < -0.39 is 17.6 Å². The topological polar surface area (TPSA) is 83.0 Å². The van der Waals surface area contributed by atoms with Crippen molar-refractivity contribution in [2.75, 3.05) is 6.61 Å². The van der Waals surface area contributed by atoms with Gasteiger partial charge in [-0.2, -0.15) is 0 Å². The first kappa shape index (κ1) is 15.0. The summed E-state index contributed by atoms with van der Waals surface area (Å²) >= 11 is 0. The summed E-state index contributed by atoms with van der Waals surface area (Å²) in [5.41, 5.74) is 6.47. The van der Waals surface area contributed by atoms with Crippen LogP contribution in [-0.4, -0.2) is 27.6 Å². The Morgan fingerprint density at radius 1 is 1.38 bits per heavy atom. The van der Waals surface area contributed by atoms with Crippen molar-refractivity contribution >= 4 is 5.97 Å². The standard InChI is InChI=1S/C13H14F2N4O2/c1-2-21-13(20)12-11(6-16)19(18-17-12)7-8-3-4-9(14)10(15)5-8/h3-5H,2,6-7,16H2,1H3. The Hall–Kier alpha value is -2.35. The van der Waals surface area contributed by atoms with Crippen LogP contribution in [0.1, 0.15) is 28.7 Å². The molecule has 2 rings (SSSR count). The number of carbonyl (C=O) groups excluding carboxylic acids is 1. The number of rotatable bonds is 5. The molecule has 0 fully saturated rings. The number of carbonyl (C=O) groups is 1.